The number of hydrogen-bond acceptors (Lipinski definition) is 5. The normalized spacial score (nSPS) is 14.0. The summed E-state index contributed by atoms with van der Waals surface area (Å²) < 4.78 is 4.71. The molecule has 1 fully saturated rings. The predicted molar refractivity (Wildman–Crippen MR) is 102 cm³/mol. The van der Waals surface area contributed by atoms with Crippen molar-refractivity contribution in [3.05, 3.63) is 60.2 Å². The van der Waals surface area contributed by atoms with E-state index in [2.05, 4.69) is 22.3 Å². The largest absolute Gasteiger partial charge is 0.465 e. The van der Waals surface area contributed by atoms with Gasteiger partial charge in [-0.05, 0) is 30.3 Å². The maximum Gasteiger partial charge on any atom is 0.337 e. The number of carbonyl (C=O) groups is 2. The lowest BCUT2D eigenvalue weighted by molar-refractivity contribution is -0.129. The van der Waals surface area contributed by atoms with Crippen molar-refractivity contribution < 1.29 is 14.3 Å². The van der Waals surface area contributed by atoms with Gasteiger partial charge in [0.1, 0.15) is 0 Å². The quantitative estimate of drug-likeness (QED) is 0.836. The third-order valence-electron chi connectivity index (χ3n) is 4.48. The van der Waals surface area contributed by atoms with Gasteiger partial charge in [-0.15, -0.1) is 0 Å². The second kappa shape index (κ2) is 8.38. The number of carbonyl (C=O) groups excluding carboxylic acids is 2. The fourth-order valence-electron chi connectivity index (χ4n) is 3.02. The molecule has 1 amide bonds. The van der Waals surface area contributed by atoms with Gasteiger partial charge in [-0.25, -0.2) is 4.79 Å². The molecule has 6 nitrogen and oxygen atoms in total. The third-order valence-corrected chi connectivity index (χ3v) is 4.48. The number of benzene rings is 2. The predicted octanol–water partition coefficient (Wildman–Crippen LogP) is 2.23. The van der Waals surface area contributed by atoms with E-state index in [1.165, 1.54) is 12.8 Å². The molecule has 0 bridgehead atoms. The van der Waals surface area contributed by atoms with Gasteiger partial charge in [0, 0.05) is 37.6 Å². The average Bonchev–Trinajstić information content (AvgIpc) is 2.72. The molecule has 2 aromatic rings. The molecule has 1 heterocycles. The summed E-state index contributed by atoms with van der Waals surface area (Å²) in [6, 6.07) is 17.2. The minimum atomic E-state index is -0.392. The van der Waals surface area contributed by atoms with Gasteiger partial charge in [-0.2, -0.15) is 0 Å². The van der Waals surface area contributed by atoms with Crippen molar-refractivity contribution in [3.63, 3.8) is 0 Å². The van der Waals surface area contributed by atoms with E-state index in [-0.39, 0.29) is 12.5 Å². The molecule has 1 N–H and O–H groups in total. The first-order valence-electron chi connectivity index (χ1n) is 8.67. The van der Waals surface area contributed by atoms with E-state index in [4.69, 9.17) is 4.74 Å². The summed E-state index contributed by atoms with van der Waals surface area (Å²) in [5.74, 6) is -0.335. The molecule has 1 aliphatic rings. The van der Waals surface area contributed by atoms with E-state index >= 15 is 0 Å². The van der Waals surface area contributed by atoms with E-state index < -0.39 is 5.97 Å². The fraction of sp³-hybridized carbons (Fsp3) is 0.300. The minimum absolute atomic E-state index is 0.0567. The monoisotopic (exact) mass is 353 g/mol. The number of methoxy groups -OCH3 is 1. The summed E-state index contributed by atoms with van der Waals surface area (Å²) in [6.45, 7) is 3.27. The third kappa shape index (κ3) is 4.33. The van der Waals surface area contributed by atoms with E-state index in [0.717, 1.165) is 18.8 Å². The second-order valence-corrected chi connectivity index (χ2v) is 6.13. The molecule has 6 heteroatoms. The average molecular weight is 353 g/mol. The first-order valence-corrected chi connectivity index (χ1v) is 8.67. The smallest absolute Gasteiger partial charge is 0.337 e. The highest BCUT2D eigenvalue weighted by Crippen LogP contribution is 2.16. The highest BCUT2D eigenvalue weighted by molar-refractivity contribution is 5.90. The first-order chi connectivity index (χ1) is 12.7. The molecule has 1 saturated heterocycles. The summed E-state index contributed by atoms with van der Waals surface area (Å²) >= 11 is 0. The SMILES string of the molecule is COC(=O)c1cccc(NCC(=O)N2CCN(c3ccccc3)CC2)c1. The Bertz CT molecular complexity index is 756. The zero-order valence-corrected chi connectivity index (χ0v) is 14.9. The van der Waals surface area contributed by atoms with E-state index in [0.29, 0.717) is 18.7 Å². The Balaban J connectivity index is 1.50. The Morgan fingerprint density at radius 3 is 2.42 bits per heavy atom. The molecule has 0 saturated carbocycles. The second-order valence-electron chi connectivity index (χ2n) is 6.13. The van der Waals surface area contributed by atoms with Gasteiger partial charge in [0.2, 0.25) is 5.91 Å². The van der Waals surface area contributed by atoms with Crippen molar-refractivity contribution in [3.8, 4) is 0 Å². The molecule has 0 aromatic heterocycles. The van der Waals surface area contributed by atoms with Crippen molar-refractivity contribution in [1.82, 2.24) is 4.90 Å². The van der Waals surface area contributed by atoms with Crippen LogP contribution in [0.1, 0.15) is 10.4 Å². The molecule has 3 rings (SSSR count). The van der Waals surface area contributed by atoms with Crippen LogP contribution < -0.4 is 10.2 Å². The first kappa shape index (κ1) is 17.8. The number of hydrogen-bond donors (Lipinski definition) is 1. The maximum atomic E-state index is 12.4. The Kier molecular flexibility index (Phi) is 5.73. The van der Waals surface area contributed by atoms with Crippen LogP contribution in [0, 0.1) is 0 Å². The van der Waals surface area contributed by atoms with E-state index in [1.807, 2.05) is 29.2 Å². The van der Waals surface area contributed by atoms with Gasteiger partial charge in [0.15, 0.2) is 0 Å². The molecule has 0 atom stereocenters. The lowest BCUT2D eigenvalue weighted by atomic mass is 10.2. The van der Waals surface area contributed by atoms with Crippen LogP contribution >= 0.6 is 0 Å². The molecule has 136 valence electrons. The highest BCUT2D eigenvalue weighted by atomic mass is 16.5. The van der Waals surface area contributed by atoms with Crippen LogP contribution in [0.3, 0.4) is 0 Å². The molecule has 0 unspecified atom stereocenters. The van der Waals surface area contributed by atoms with Gasteiger partial charge in [0.25, 0.3) is 0 Å². The van der Waals surface area contributed by atoms with Crippen LogP contribution in [0.15, 0.2) is 54.6 Å². The summed E-state index contributed by atoms with van der Waals surface area (Å²) in [7, 11) is 1.35. The number of nitrogens with one attached hydrogen (secondary N) is 1. The van der Waals surface area contributed by atoms with Crippen molar-refractivity contribution in [2.75, 3.05) is 50.1 Å². The minimum Gasteiger partial charge on any atom is -0.465 e. The van der Waals surface area contributed by atoms with Crippen LogP contribution in [-0.4, -0.2) is 56.6 Å². The summed E-state index contributed by atoms with van der Waals surface area (Å²) in [4.78, 5) is 28.2. The maximum absolute atomic E-state index is 12.4. The zero-order chi connectivity index (χ0) is 18.4. The number of ether oxygens (including phenoxy) is 1. The summed E-state index contributed by atoms with van der Waals surface area (Å²) in [5, 5.41) is 3.09. The van der Waals surface area contributed by atoms with Gasteiger partial charge in [-0.3, -0.25) is 4.79 Å². The molecule has 26 heavy (non-hydrogen) atoms. The lowest BCUT2D eigenvalue weighted by Crippen LogP contribution is -2.50. The van der Waals surface area contributed by atoms with Crippen molar-refractivity contribution in [2.45, 2.75) is 0 Å². The Hall–Kier alpha value is -3.02. The number of para-hydroxylation sites is 1. The van der Waals surface area contributed by atoms with Crippen molar-refractivity contribution in [1.29, 1.82) is 0 Å². The topological polar surface area (TPSA) is 61.9 Å². The fourth-order valence-corrected chi connectivity index (χ4v) is 3.02. The summed E-state index contributed by atoms with van der Waals surface area (Å²) in [5.41, 5.74) is 2.38. The standard InChI is InChI=1S/C20H23N3O3/c1-26-20(25)16-6-5-7-17(14-16)21-15-19(24)23-12-10-22(11-13-23)18-8-3-2-4-9-18/h2-9,14,21H,10-13,15H2,1H3. The van der Waals surface area contributed by atoms with Gasteiger partial charge in [0.05, 0.1) is 19.2 Å². The van der Waals surface area contributed by atoms with Crippen LogP contribution in [0.4, 0.5) is 11.4 Å². The summed E-state index contributed by atoms with van der Waals surface area (Å²) in [6.07, 6.45) is 0. The van der Waals surface area contributed by atoms with Crippen LogP contribution in [-0.2, 0) is 9.53 Å². The van der Waals surface area contributed by atoms with E-state index in [1.54, 1.807) is 18.2 Å². The number of nitrogens with zero attached hydrogens (tertiary/aromatic N) is 2. The molecule has 0 spiro atoms. The van der Waals surface area contributed by atoms with Crippen molar-refractivity contribution >= 4 is 23.3 Å². The number of esters is 1. The molecule has 1 aliphatic heterocycles. The number of rotatable bonds is 5. The van der Waals surface area contributed by atoms with Gasteiger partial charge >= 0.3 is 5.97 Å². The Morgan fingerprint density at radius 1 is 1.00 bits per heavy atom. The van der Waals surface area contributed by atoms with Crippen molar-refractivity contribution in [2.24, 2.45) is 0 Å². The molecular weight excluding hydrogens is 330 g/mol. The van der Waals surface area contributed by atoms with Crippen LogP contribution in [0.5, 0.6) is 0 Å². The molecular formula is C20H23N3O3. The Morgan fingerprint density at radius 2 is 1.73 bits per heavy atom. The Labute approximate surface area is 153 Å². The number of anilines is 2. The molecule has 0 aliphatic carbocycles. The van der Waals surface area contributed by atoms with Crippen LogP contribution in [0.25, 0.3) is 0 Å². The lowest BCUT2D eigenvalue weighted by Gasteiger charge is -2.36. The molecule has 0 radical (unpaired) electrons. The van der Waals surface area contributed by atoms with Gasteiger partial charge < -0.3 is 19.9 Å². The molecule has 2 aromatic carbocycles. The number of amides is 1. The number of piperazine rings is 1. The van der Waals surface area contributed by atoms with E-state index in [9.17, 15) is 9.59 Å². The zero-order valence-electron chi connectivity index (χ0n) is 14.9. The highest BCUT2D eigenvalue weighted by Gasteiger charge is 2.21. The van der Waals surface area contributed by atoms with Gasteiger partial charge in [-0.1, -0.05) is 24.3 Å². The van der Waals surface area contributed by atoms with Crippen LogP contribution in [0.2, 0.25) is 0 Å².